The maximum atomic E-state index is 13.0. The van der Waals surface area contributed by atoms with Gasteiger partial charge in [-0.15, -0.1) is 6.58 Å². The van der Waals surface area contributed by atoms with E-state index in [-0.39, 0.29) is 23.5 Å². The first kappa shape index (κ1) is 23.7. The van der Waals surface area contributed by atoms with Crippen LogP contribution in [0.15, 0.2) is 49.1 Å². The first-order chi connectivity index (χ1) is 14.6. The Kier molecular flexibility index (Phi) is 7.63. The summed E-state index contributed by atoms with van der Waals surface area (Å²) in [5, 5.41) is 0. The predicted octanol–water partition coefficient (Wildman–Crippen LogP) is 5.27. The van der Waals surface area contributed by atoms with Gasteiger partial charge >= 0.3 is 12.1 Å². The largest absolute Gasteiger partial charge is 0.496 e. The van der Waals surface area contributed by atoms with Gasteiger partial charge < -0.3 is 14.2 Å². The Morgan fingerprint density at radius 3 is 2.16 bits per heavy atom. The normalized spacial score (nSPS) is 11.3. The molecule has 0 fully saturated rings. The molecule has 0 aliphatic carbocycles. The molecular formula is C23H21F3O5. The molecule has 164 valence electrons. The number of esters is 1. The highest BCUT2D eigenvalue weighted by molar-refractivity contribution is 6.11. The number of ether oxygens (including phenoxy) is 3. The van der Waals surface area contributed by atoms with Crippen molar-refractivity contribution in [2.75, 3.05) is 14.2 Å². The fraction of sp³-hybridized carbons (Fsp3) is 0.217. The number of hydrogen-bond donors (Lipinski definition) is 0. The van der Waals surface area contributed by atoms with Gasteiger partial charge in [0.2, 0.25) is 0 Å². The zero-order valence-electron chi connectivity index (χ0n) is 17.2. The van der Waals surface area contributed by atoms with Crippen molar-refractivity contribution >= 4 is 17.8 Å². The molecule has 2 aromatic rings. The number of ketones is 1. The Hall–Kier alpha value is -3.55. The van der Waals surface area contributed by atoms with Crippen LogP contribution in [0.5, 0.6) is 17.2 Å². The molecule has 0 aromatic heterocycles. The Balaban J connectivity index is 2.52. The number of benzene rings is 2. The summed E-state index contributed by atoms with van der Waals surface area (Å²) in [4.78, 5) is 24.7. The van der Waals surface area contributed by atoms with Gasteiger partial charge in [0.05, 0.1) is 19.8 Å². The third-order valence-electron chi connectivity index (χ3n) is 4.25. The van der Waals surface area contributed by atoms with Crippen molar-refractivity contribution in [2.45, 2.75) is 19.5 Å². The first-order valence-electron chi connectivity index (χ1n) is 9.09. The van der Waals surface area contributed by atoms with E-state index >= 15 is 0 Å². The molecule has 0 spiro atoms. The van der Waals surface area contributed by atoms with E-state index in [1.165, 1.54) is 45.4 Å². The monoisotopic (exact) mass is 434 g/mol. The number of carbonyl (C=O) groups excluding carboxylic acids is 2. The topological polar surface area (TPSA) is 61.8 Å². The van der Waals surface area contributed by atoms with E-state index in [9.17, 15) is 22.8 Å². The van der Waals surface area contributed by atoms with Gasteiger partial charge in [0, 0.05) is 18.6 Å². The van der Waals surface area contributed by atoms with E-state index in [0.717, 1.165) is 18.2 Å². The molecule has 0 bridgehead atoms. The van der Waals surface area contributed by atoms with Gasteiger partial charge in [-0.25, -0.2) is 0 Å². The molecule has 5 nitrogen and oxygen atoms in total. The molecule has 0 saturated carbocycles. The summed E-state index contributed by atoms with van der Waals surface area (Å²) in [6.45, 7) is 4.85. The number of allylic oxidation sites excluding steroid dienone is 2. The van der Waals surface area contributed by atoms with E-state index in [1.807, 2.05) is 0 Å². The Bertz CT molecular complexity index is 1010. The molecule has 0 aliphatic rings. The van der Waals surface area contributed by atoms with Crippen LogP contribution < -0.4 is 14.2 Å². The first-order valence-corrected chi connectivity index (χ1v) is 9.09. The number of methoxy groups -OCH3 is 2. The Labute approximate surface area is 177 Å². The summed E-state index contributed by atoms with van der Waals surface area (Å²) in [6, 6.07) is 5.82. The van der Waals surface area contributed by atoms with E-state index in [1.54, 1.807) is 6.08 Å². The minimum atomic E-state index is -4.45. The van der Waals surface area contributed by atoms with Crippen molar-refractivity contribution < 1.29 is 37.0 Å². The van der Waals surface area contributed by atoms with Crippen LogP contribution in [0.4, 0.5) is 13.2 Å². The second kappa shape index (κ2) is 9.97. The molecule has 0 aliphatic heterocycles. The summed E-state index contributed by atoms with van der Waals surface area (Å²) in [6.07, 6.45) is -0.119. The Morgan fingerprint density at radius 1 is 1.06 bits per heavy atom. The average Bonchev–Trinajstić information content (AvgIpc) is 2.72. The zero-order valence-corrected chi connectivity index (χ0v) is 17.2. The highest BCUT2D eigenvalue weighted by Gasteiger charge is 2.30. The number of alkyl halides is 3. The standard InChI is InChI=1S/C23H21F3O5/c1-5-6-17-19(29-3)13-20(30-4)21(22(17)31-14(2)27)18(28)12-9-15-7-10-16(11-8-15)23(24,25)26/h5,7-13H,1,6H2,2-4H3. The molecule has 0 saturated heterocycles. The molecule has 31 heavy (non-hydrogen) atoms. The van der Waals surface area contributed by atoms with Crippen molar-refractivity contribution in [2.24, 2.45) is 0 Å². The van der Waals surface area contributed by atoms with Crippen LogP contribution in [0.1, 0.15) is 34.0 Å². The molecule has 0 radical (unpaired) electrons. The average molecular weight is 434 g/mol. The summed E-state index contributed by atoms with van der Waals surface area (Å²) >= 11 is 0. The molecular weight excluding hydrogens is 413 g/mol. The van der Waals surface area contributed by atoms with Gasteiger partial charge in [0.15, 0.2) is 11.5 Å². The molecule has 2 rings (SSSR count). The van der Waals surface area contributed by atoms with E-state index < -0.39 is 23.5 Å². The quantitative estimate of drug-likeness (QED) is 0.186. The lowest BCUT2D eigenvalue weighted by Gasteiger charge is -2.18. The summed E-state index contributed by atoms with van der Waals surface area (Å²) in [5.74, 6) is -0.785. The van der Waals surface area contributed by atoms with Gasteiger partial charge in [-0.2, -0.15) is 13.2 Å². The smallest absolute Gasteiger partial charge is 0.416 e. The third kappa shape index (κ3) is 5.75. The molecule has 0 N–H and O–H groups in total. The van der Waals surface area contributed by atoms with Crippen molar-refractivity contribution in [3.8, 4) is 17.2 Å². The fourth-order valence-electron chi connectivity index (χ4n) is 2.86. The minimum Gasteiger partial charge on any atom is -0.496 e. The number of hydrogen-bond acceptors (Lipinski definition) is 5. The molecule has 0 atom stereocenters. The highest BCUT2D eigenvalue weighted by Crippen LogP contribution is 2.40. The molecule has 8 heteroatoms. The zero-order chi connectivity index (χ0) is 23.2. The van der Waals surface area contributed by atoms with Gasteiger partial charge in [-0.3, -0.25) is 9.59 Å². The van der Waals surface area contributed by atoms with Gasteiger partial charge in [-0.05, 0) is 30.2 Å². The second-order valence-corrected chi connectivity index (χ2v) is 6.37. The SMILES string of the molecule is C=CCc1c(OC)cc(OC)c(C(=O)C=Cc2ccc(C(F)(F)F)cc2)c1OC(C)=O. The molecule has 0 amide bonds. The van der Waals surface area contributed by atoms with Crippen LogP contribution in [0, 0.1) is 0 Å². The van der Waals surface area contributed by atoms with Gasteiger partial charge in [0.1, 0.15) is 17.1 Å². The van der Waals surface area contributed by atoms with Crippen LogP contribution in [0.2, 0.25) is 0 Å². The fourth-order valence-corrected chi connectivity index (χ4v) is 2.86. The highest BCUT2D eigenvalue weighted by atomic mass is 19.4. The molecule has 0 heterocycles. The van der Waals surface area contributed by atoms with Crippen molar-refractivity contribution in [3.63, 3.8) is 0 Å². The lowest BCUT2D eigenvalue weighted by Crippen LogP contribution is -2.12. The lowest BCUT2D eigenvalue weighted by atomic mass is 9.99. The second-order valence-electron chi connectivity index (χ2n) is 6.37. The minimum absolute atomic E-state index is 0.0153. The summed E-state index contributed by atoms with van der Waals surface area (Å²) < 4.78 is 54.0. The van der Waals surface area contributed by atoms with Gasteiger partial charge in [-0.1, -0.05) is 24.3 Å². The Morgan fingerprint density at radius 2 is 1.68 bits per heavy atom. The summed E-state index contributed by atoms with van der Waals surface area (Å²) in [7, 11) is 2.76. The predicted molar refractivity (Wildman–Crippen MR) is 110 cm³/mol. The third-order valence-corrected chi connectivity index (χ3v) is 4.25. The van der Waals surface area contributed by atoms with Crippen LogP contribution >= 0.6 is 0 Å². The van der Waals surface area contributed by atoms with Crippen LogP contribution in [-0.2, 0) is 17.4 Å². The number of rotatable bonds is 8. The van der Waals surface area contributed by atoms with Gasteiger partial charge in [0.25, 0.3) is 0 Å². The van der Waals surface area contributed by atoms with Crippen molar-refractivity contribution in [1.29, 1.82) is 0 Å². The maximum absolute atomic E-state index is 13.0. The number of carbonyl (C=O) groups is 2. The van der Waals surface area contributed by atoms with Crippen LogP contribution in [0.3, 0.4) is 0 Å². The maximum Gasteiger partial charge on any atom is 0.416 e. The molecule has 0 unspecified atom stereocenters. The van der Waals surface area contributed by atoms with E-state index in [4.69, 9.17) is 14.2 Å². The van der Waals surface area contributed by atoms with Crippen molar-refractivity contribution in [3.05, 3.63) is 71.3 Å². The lowest BCUT2D eigenvalue weighted by molar-refractivity contribution is -0.137. The van der Waals surface area contributed by atoms with E-state index in [0.29, 0.717) is 16.9 Å². The summed E-state index contributed by atoms with van der Waals surface area (Å²) in [5.41, 5.74) is 0.00600. The van der Waals surface area contributed by atoms with Crippen LogP contribution in [-0.4, -0.2) is 26.0 Å². The number of halogens is 3. The van der Waals surface area contributed by atoms with E-state index in [2.05, 4.69) is 6.58 Å². The van der Waals surface area contributed by atoms with Crippen molar-refractivity contribution in [1.82, 2.24) is 0 Å². The van der Waals surface area contributed by atoms with Crippen LogP contribution in [0.25, 0.3) is 6.08 Å². The molecule has 2 aromatic carbocycles.